The van der Waals surface area contributed by atoms with E-state index in [1.54, 1.807) is 13.8 Å². The van der Waals surface area contributed by atoms with Gasteiger partial charge >= 0.3 is 0 Å². The number of nitrogens with one attached hydrogen (secondary N) is 2. The Labute approximate surface area is 129 Å². The number of hydrogen-bond donors (Lipinski definition) is 4. The minimum absolute atomic E-state index is 0.0357. The van der Waals surface area contributed by atoms with Crippen molar-refractivity contribution < 1.29 is 10.4 Å². The molecule has 0 spiro atoms. The van der Waals surface area contributed by atoms with E-state index in [9.17, 15) is 0 Å². The summed E-state index contributed by atoms with van der Waals surface area (Å²) in [5, 5.41) is 30.4. The summed E-state index contributed by atoms with van der Waals surface area (Å²) in [5.41, 5.74) is 1.37. The molecule has 0 heterocycles. The molecule has 0 aliphatic rings. The van der Waals surface area contributed by atoms with Gasteiger partial charge in [-0.15, -0.1) is 0 Å². The van der Waals surface area contributed by atoms with Gasteiger partial charge in [0.2, 0.25) is 0 Å². The molecule has 0 saturated heterocycles. The van der Waals surface area contributed by atoms with Gasteiger partial charge in [0.15, 0.2) is 0 Å². The zero-order valence-electron chi connectivity index (χ0n) is 14.9. The highest BCUT2D eigenvalue weighted by molar-refractivity contribution is 5.86. The molecule has 0 radical (unpaired) electrons. The standard InChI is InChI=1S/C13H28N4O2.C2H6/c1-9(11(3)16-18)14-7-13(5,6)8-15-10(2)12(4)17-19;1-2/h9-10,14-15,18-19H,7-8H2,1-6H3;1-2H3/b16-11+,17-12+;/t9-,10-;/m0./s1. The van der Waals surface area contributed by atoms with Crippen molar-refractivity contribution in [2.24, 2.45) is 15.7 Å². The summed E-state index contributed by atoms with van der Waals surface area (Å²) in [6.45, 7) is 17.4. The SMILES string of the molecule is C/C(=N\O)[C@H](C)NCC(C)(C)CN[C@@H](C)/C(C)=N/O.CC. The summed E-state index contributed by atoms with van der Waals surface area (Å²) in [7, 11) is 0. The fourth-order valence-electron chi connectivity index (χ4n) is 1.39. The van der Waals surface area contributed by atoms with Crippen LogP contribution >= 0.6 is 0 Å². The molecule has 0 aliphatic heterocycles. The van der Waals surface area contributed by atoms with Crippen molar-refractivity contribution >= 4 is 11.4 Å². The lowest BCUT2D eigenvalue weighted by Crippen LogP contribution is -2.46. The minimum Gasteiger partial charge on any atom is -0.411 e. The summed E-state index contributed by atoms with van der Waals surface area (Å²) in [5.74, 6) is 0. The molecule has 0 aromatic heterocycles. The Kier molecular flexibility index (Phi) is 12.1. The number of nitrogens with zero attached hydrogens (tertiary/aromatic N) is 2. The van der Waals surface area contributed by atoms with Crippen molar-refractivity contribution in [3.8, 4) is 0 Å². The lowest BCUT2D eigenvalue weighted by molar-refractivity contribution is 0.298. The Morgan fingerprint density at radius 1 is 0.905 bits per heavy atom. The zero-order chi connectivity index (χ0) is 17.1. The van der Waals surface area contributed by atoms with E-state index >= 15 is 0 Å². The summed E-state index contributed by atoms with van der Waals surface area (Å²) < 4.78 is 0. The zero-order valence-corrected chi connectivity index (χ0v) is 14.9. The maximum absolute atomic E-state index is 8.70. The van der Waals surface area contributed by atoms with Crippen LogP contribution in [0.4, 0.5) is 0 Å². The van der Waals surface area contributed by atoms with Crippen molar-refractivity contribution in [2.45, 2.75) is 67.5 Å². The Hall–Kier alpha value is -1.14. The van der Waals surface area contributed by atoms with Gasteiger partial charge in [0.25, 0.3) is 0 Å². The van der Waals surface area contributed by atoms with Gasteiger partial charge in [0.1, 0.15) is 0 Å². The van der Waals surface area contributed by atoms with Gasteiger partial charge < -0.3 is 21.0 Å². The van der Waals surface area contributed by atoms with E-state index in [-0.39, 0.29) is 17.5 Å². The quantitative estimate of drug-likeness (QED) is 0.315. The number of rotatable bonds is 8. The highest BCUT2D eigenvalue weighted by Gasteiger charge is 2.20. The molecule has 21 heavy (non-hydrogen) atoms. The van der Waals surface area contributed by atoms with Gasteiger partial charge in [-0.1, -0.05) is 38.0 Å². The number of hydrogen-bond acceptors (Lipinski definition) is 6. The Morgan fingerprint density at radius 2 is 1.19 bits per heavy atom. The van der Waals surface area contributed by atoms with Gasteiger partial charge in [0, 0.05) is 25.2 Å². The molecule has 2 atom stereocenters. The Balaban J connectivity index is 0. The minimum atomic E-state index is 0.0357. The number of oxime groups is 2. The first-order valence-corrected chi connectivity index (χ1v) is 7.57. The highest BCUT2D eigenvalue weighted by Crippen LogP contribution is 2.12. The fraction of sp³-hybridized carbons (Fsp3) is 0.867. The van der Waals surface area contributed by atoms with Crippen LogP contribution in [0.5, 0.6) is 0 Å². The third-order valence-corrected chi connectivity index (χ3v) is 3.34. The van der Waals surface area contributed by atoms with E-state index in [0.29, 0.717) is 11.4 Å². The van der Waals surface area contributed by atoms with Crippen LogP contribution in [0.3, 0.4) is 0 Å². The van der Waals surface area contributed by atoms with E-state index in [1.165, 1.54) is 0 Å². The average molecular weight is 302 g/mol. The second-order valence-corrected chi connectivity index (χ2v) is 5.85. The fourth-order valence-corrected chi connectivity index (χ4v) is 1.39. The normalized spacial score (nSPS) is 16.0. The first-order chi connectivity index (χ1) is 9.73. The molecular weight excluding hydrogens is 268 g/mol. The molecule has 6 nitrogen and oxygen atoms in total. The van der Waals surface area contributed by atoms with Crippen LogP contribution in [0.2, 0.25) is 0 Å². The molecule has 0 amide bonds. The summed E-state index contributed by atoms with van der Waals surface area (Å²) in [6, 6.07) is 0.0878. The predicted octanol–water partition coefficient (Wildman–Crippen LogP) is 2.70. The lowest BCUT2D eigenvalue weighted by atomic mass is 9.92. The van der Waals surface area contributed by atoms with E-state index in [2.05, 4.69) is 34.8 Å². The third-order valence-electron chi connectivity index (χ3n) is 3.34. The molecule has 0 fully saturated rings. The first-order valence-electron chi connectivity index (χ1n) is 7.57. The van der Waals surface area contributed by atoms with Crippen molar-refractivity contribution in [2.75, 3.05) is 13.1 Å². The van der Waals surface area contributed by atoms with Crippen LogP contribution < -0.4 is 10.6 Å². The molecule has 0 aliphatic carbocycles. The smallest absolute Gasteiger partial charge is 0.0706 e. The van der Waals surface area contributed by atoms with Crippen molar-refractivity contribution in [3.05, 3.63) is 0 Å². The molecule has 0 unspecified atom stereocenters. The summed E-state index contributed by atoms with van der Waals surface area (Å²) in [6.07, 6.45) is 0. The van der Waals surface area contributed by atoms with Gasteiger partial charge in [-0.25, -0.2) is 0 Å². The molecule has 0 rings (SSSR count). The summed E-state index contributed by atoms with van der Waals surface area (Å²) >= 11 is 0. The molecule has 6 heteroatoms. The molecule has 0 aromatic rings. The van der Waals surface area contributed by atoms with Gasteiger partial charge in [-0.2, -0.15) is 0 Å². The second-order valence-electron chi connectivity index (χ2n) is 5.85. The highest BCUT2D eigenvalue weighted by atomic mass is 16.4. The van der Waals surface area contributed by atoms with E-state index < -0.39 is 0 Å². The van der Waals surface area contributed by atoms with Gasteiger partial charge in [0.05, 0.1) is 11.4 Å². The predicted molar refractivity (Wildman–Crippen MR) is 89.8 cm³/mol. The first kappa shape index (κ1) is 22.1. The van der Waals surface area contributed by atoms with Crippen LogP contribution in [0.1, 0.15) is 55.4 Å². The Bertz CT molecular complexity index is 298. The van der Waals surface area contributed by atoms with Crippen molar-refractivity contribution in [1.82, 2.24) is 10.6 Å². The molecular formula is C15H34N4O2. The average Bonchev–Trinajstić information content (AvgIpc) is 2.50. The monoisotopic (exact) mass is 302 g/mol. The van der Waals surface area contributed by atoms with Crippen LogP contribution in [-0.4, -0.2) is 47.0 Å². The van der Waals surface area contributed by atoms with E-state index in [4.69, 9.17) is 10.4 Å². The summed E-state index contributed by atoms with van der Waals surface area (Å²) in [4.78, 5) is 0. The third kappa shape index (κ3) is 10.3. The lowest BCUT2D eigenvalue weighted by Gasteiger charge is -2.29. The van der Waals surface area contributed by atoms with Crippen LogP contribution in [0.15, 0.2) is 10.3 Å². The Morgan fingerprint density at radius 3 is 1.43 bits per heavy atom. The largest absolute Gasteiger partial charge is 0.411 e. The van der Waals surface area contributed by atoms with E-state index in [1.807, 2.05) is 27.7 Å². The molecule has 126 valence electrons. The van der Waals surface area contributed by atoms with Crippen LogP contribution in [0, 0.1) is 5.41 Å². The molecule has 0 bridgehead atoms. The molecule has 4 N–H and O–H groups in total. The second kappa shape index (κ2) is 11.5. The van der Waals surface area contributed by atoms with Crippen LogP contribution in [0.25, 0.3) is 0 Å². The van der Waals surface area contributed by atoms with Crippen LogP contribution in [-0.2, 0) is 0 Å². The maximum Gasteiger partial charge on any atom is 0.0706 e. The van der Waals surface area contributed by atoms with Crippen molar-refractivity contribution in [1.29, 1.82) is 0 Å². The molecule has 0 aromatic carbocycles. The van der Waals surface area contributed by atoms with E-state index in [0.717, 1.165) is 13.1 Å². The molecule has 0 saturated carbocycles. The van der Waals surface area contributed by atoms with Crippen molar-refractivity contribution in [3.63, 3.8) is 0 Å². The maximum atomic E-state index is 8.70. The van der Waals surface area contributed by atoms with Gasteiger partial charge in [-0.3, -0.25) is 0 Å². The topological polar surface area (TPSA) is 89.2 Å². The van der Waals surface area contributed by atoms with Gasteiger partial charge in [-0.05, 0) is 33.1 Å².